The summed E-state index contributed by atoms with van der Waals surface area (Å²) >= 11 is 0. The zero-order valence-corrected chi connectivity index (χ0v) is 19.4. The largest absolute Gasteiger partial charge is 0.469 e. The molecule has 35 heavy (non-hydrogen) atoms. The second-order valence-electron chi connectivity index (χ2n) is 8.27. The SMILES string of the molecule is COC(=O)CC1Nc2ccc(C(=O)Nc3ccc(N)nc3)cc2CN(CCc2ccccc2)C1=O. The summed E-state index contributed by atoms with van der Waals surface area (Å²) in [5.74, 6) is -0.616. The molecule has 4 N–H and O–H groups in total. The Morgan fingerprint density at radius 1 is 1.17 bits per heavy atom. The van der Waals surface area contributed by atoms with Crippen molar-refractivity contribution in [3.63, 3.8) is 0 Å². The molecule has 1 aliphatic heterocycles. The van der Waals surface area contributed by atoms with E-state index in [0.29, 0.717) is 42.3 Å². The molecule has 0 saturated carbocycles. The third kappa shape index (κ3) is 5.94. The molecule has 2 heterocycles. The maximum Gasteiger partial charge on any atom is 0.308 e. The Morgan fingerprint density at radius 2 is 1.97 bits per heavy atom. The lowest BCUT2D eigenvalue weighted by atomic mass is 10.1. The summed E-state index contributed by atoms with van der Waals surface area (Å²) in [5.41, 5.74) is 9.14. The predicted octanol–water partition coefficient (Wildman–Crippen LogP) is 2.84. The van der Waals surface area contributed by atoms with Gasteiger partial charge in [-0.3, -0.25) is 14.4 Å². The summed E-state index contributed by atoms with van der Waals surface area (Å²) in [6, 6.07) is 17.6. The number of hydrogen-bond acceptors (Lipinski definition) is 7. The highest BCUT2D eigenvalue weighted by atomic mass is 16.5. The lowest BCUT2D eigenvalue weighted by molar-refractivity contribution is -0.144. The van der Waals surface area contributed by atoms with E-state index in [1.165, 1.54) is 13.3 Å². The minimum absolute atomic E-state index is 0.0943. The first-order chi connectivity index (χ1) is 16.9. The Labute approximate surface area is 203 Å². The van der Waals surface area contributed by atoms with Crippen LogP contribution in [-0.2, 0) is 27.3 Å². The number of nitrogens with two attached hydrogens (primary N) is 1. The molecule has 2 aromatic carbocycles. The van der Waals surface area contributed by atoms with E-state index in [4.69, 9.17) is 10.5 Å². The summed E-state index contributed by atoms with van der Waals surface area (Å²) in [6.07, 6.45) is 2.06. The van der Waals surface area contributed by atoms with Crippen molar-refractivity contribution in [1.82, 2.24) is 9.88 Å². The molecule has 1 unspecified atom stereocenters. The lowest BCUT2D eigenvalue weighted by Crippen LogP contribution is -2.42. The molecule has 0 aliphatic carbocycles. The maximum absolute atomic E-state index is 13.3. The van der Waals surface area contributed by atoms with Crippen LogP contribution in [0.4, 0.5) is 17.2 Å². The van der Waals surface area contributed by atoms with Crippen molar-refractivity contribution in [2.75, 3.05) is 30.0 Å². The van der Waals surface area contributed by atoms with E-state index in [1.54, 1.807) is 35.2 Å². The summed E-state index contributed by atoms with van der Waals surface area (Å²) < 4.78 is 4.79. The zero-order chi connectivity index (χ0) is 24.8. The van der Waals surface area contributed by atoms with Crippen molar-refractivity contribution < 1.29 is 19.1 Å². The van der Waals surface area contributed by atoms with Crippen LogP contribution in [-0.4, -0.2) is 47.4 Å². The predicted molar refractivity (Wildman–Crippen MR) is 133 cm³/mol. The second kappa shape index (κ2) is 10.7. The molecule has 0 fully saturated rings. The van der Waals surface area contributed by atoms with Crippen molar-refractivity contribution in [1.29, 1.82) is 0 Å². The number of fused-ring (bicyclic) bond motifs is 1. The van der Waals surface area contributed by atoms with Crippen LogP contribution in [0.2, 0.25) is 0 Å². The fourth-order valence-corrected chi connectivity index (χ4v) is 3.93. The highest BCUT2D eigenvalue weighted by Crippen LogP contribution is 2.26. The van der Waals surface area contributed by atoms with E-state index in [9.17, 15) is 14.4 Å². The quantitative estimate of drug-likeness (QED) is 0.450. The Hall–Kier alpha value is -4.40. The van der Waals surface area contributed by atoms with Gasteiger partial charge in [0.15, 0.2) is 0 Å². The Bertz CT molecular complexity index is 1210. The number of benzene rings is 2. The molecule has 3 aromatic rings. The molecule has 0 spiro atoms. The van der Waals surface area contributed by atoms with E-state index in [2.05, 4.69) is 15.6 Å². The fourth-order valence-electron chi connectivity index (χ4n) is 3.93. The number of nitrogens with one attached hydrogen (secondary N) is 2. The summed E-state index contributed by atoms with van der Waals surface area (Å²) in [5, 5.41) is 5.97. The molecular formula is C26H27N5O4. The monoisotopic (exact) mass is 473 g/mol. The molecule has 9 nitrogen and oxygen atoms in total. The Balaban J connectivity index is 1.57. The molecule has 9 heteroatoms. The van der Waals surface area contributed by atoms with Crippen LogP contribution in [0.3, 0.4) is 0 Å². The molecule has 0 saturated heterocycles. The highest BCUT2D eigenvalue weighted by Gasteiger charge is 2.31. The normalized spacial score (nSPS) is 14.9. The Morgan fingerprint density at radius 3 is 2.69 bits per heavy atom. The van der Waals surface area contributed by atoms with Gasteiger partial charge in [-0.25, -0.2) is 4.98 Å². The van der Waals surface area contributed by atoms with Crippen molar-refractivity contribution in [2.24, 2.45) is 0 Å². The number of amides is 2. The fraction of sp³-hybridized carbons (Fsp3) is 0.231. The molecule has 2 amide bonds. The first kappa shape index (κ1) is 23.7. The van der Waals surface area contributed by atoms with Crippen LogP contribution in [0.25, 0.3) is 0 Å². The average molecular weight is 474 g/mol. The summed E-state index contributed by atoms with van der Waals surface area (Å²) in [6.45, 7) is 0.769. The number of rotatable bonds is 7. The van der Waals surface area contributed by atoms with E-state index in [0.717, 1.165) is 11.1 Å². The first-order valence-corrected chi connectivity index (χ1v) is 11.2. The number of hydrogen-bond donors (Lipinski definition) is 3. The van der Waals surface area contributed by atoms with E-state index < -0.39 is 12.0 Å². The molecule has 1 aliphatic rings. The maximum atomic E-state index is 13.3. The molecule has 0 radical (unpaired) electrons. The van der Waals surface area contributed by atoms with E-state index in [1.807, 2.05) is 30.3 Å². The molecule has 180 valence electrons. The minimum atomic E-state index is -0.764. The highest BCUT2D eigenvalue weighted by molar-refractivity contribution is 6.04. The third-order valence-electron chi connectivity index (χ3n) is 5.82. The van der Waals surface area contributed by atoms with Gasteiger partial charge in [0.1, 0.15) is 11.9 Å². The number of pyridine rings is 1. The van der Waals surface area contributed by atoms with Gasteiger partial charge < -0.3 is 26.0 Å². The van der Waals surface area contributed by atoms with Crippen LogP contribution in [0.5, 0.6) is 0 Å². The van der Waals surface area contributed by atoms with Gasteiger partial charge in [0.25, 0.3) is 5.91 Å². The smallest absolute Gasteiger partial charge is 0.308 e. The first-order valence-electron chi connectivity index (χ1n) is 11.2. The number of ether oxygens (including phenoxy) is 1. The minimum Gasteiger partial charge on any atom is -0.469 e. The van der Waals surface area contributed by atoms with Crippen molar-refractivity contribution in [2.45, 2.75) is 25.4 Å². The lowest BCUT2D eigenvalue weighted by Gasteiger charge is -2.24. The molecule has 1 aromatic heterocycles. The number of esters is 1. The molecular weight excluding hydrogens is 446 g/mol. The number of aromatic nitrogens is 1. The number of methoxy groups -OCH3 is 1. The van der Waals surface area contributed by atoms with Gasteiger partial charge in [-0.05, 0) is 47.9 Å². The summed E-state index contributed by atoms with van der Waals surface area (Å²) in [7, 11) is 1.30. The van der Waals surface area contributed by atoms with Crippen LogP contribution >= 0.6 is 0 Å². The second-order valence-corrected chi connectivity index (χ2v) is 8.27. The van der Waals surface area contributed by atoms with Gasteiger partial charge in [-0.15, -0.1) is 0 Å². The van der Waals surface area contributed by atoms with E-state index in [-0.39, 0.29) is 18.2 Å². The van der Waals surface area contributed by atoms with Crippen molar-refractivity contribution in [3.8, 4) is 0 Å². The molecule has 1 atom stereocenters. The molecule has 0 bridgehead atoms. The Kier molecular flexibility index (Phi) is 7.25. The number of anilines is 3. The van der Waals surface area contributed by atoms with Crippen LogP contribution < -0.4 is 16.4 Å². The van der Waals surface area contributed by atoms with Gasteiger partial charge in [0, 0.05) is 24.3 Å². The topological polar surface area (TPSA) is 127 Å². The van der Waals surface area contributed by atoms with E-state index >= 15 is 0 Å². The number of carbonyl (C=O) groups is 3. The molecule has 4 rings (SSSR count). The van der Waals surface area contributed by atoms with Gasteiger partial charge in [0.2, 0.25) is 5.91 Å². The number of nitrogen functional groups attached to an aromatic ring is 1. The van der Waals surface area contributed by atoms with Gasteiger partial charge in [0.05, 0.1) is 25.4 Å². The summed E-state index contributed by atoms with van der Waals surface area (Å²) in [4.78, 5) is 43.8. The van der Waals surface area contributed by atoms with Gasteiger partial charge >= 0.3 is 5.97 Å². The average Bonchev–Trinajstić information content (AvgIpc) is 3.00. The van der Waals surface area contributed by atoms with Crippen LogP contribution in [0, 0.1) is 0 Å². The zero-order valence-electron chi connectivity index (χ0n) is 19.4. The number of nitrogens with zero attached hydrogens (tertiary/aromatic N) is 2. The number of carbonyl (C=O) groups excluding carboxylic acids is 3. The van der Waals surface area contributed by atoms with Crippen molar-refractivity contribution in [3.05, 3.63) is 83.6 Å². The standard InChI is InChI=1S/C26H27N5O4/c1-35-24(32)14-22-26(34)31(12-11-17-5-3-2-4-6-17)16-19-13-18(7-9-21(19)30-22)25(33)29-20-8-10-23(27)28-15-20/h2-10,13,15,22,30H,11-12,14,16H2,1H3,(H2,27,28)(H,29,33). The third-order valence-corrected chi connectivity index (χ3v) is 5.82. The van der Waals surface area contributed by atoms with Crippen LogP contribution in [0.1, 0.15) is 27.9 Å². The van der Waals surface area contributed by atoms with Crippen molar-refractivity contribution >= 4 is 35.0 Å². The van der Waals surface area contributed by atoms with Gasteiger partial charge in [-0.1, -0.05) is 30.3 Å². The van der Waals surface area contributed by atoms with Crippen LogP contribution in [0.15, 0.2) is 66.9 Å². The van der Waals surface area contributed by atoms with Gasteiger partial charge in [-0.2, -0.15) is 0 Å².